The fourth-order valence-electron chi connectivity index (χ4n) is 3.61. The molecule has 1 atom stereocenters. The molecule has 1 saturated carbocycles. The fourth-order valence-corrected chi connectivity index (χ4v) is 3.90. The van der Waals surface area contributed by atoms with Crippen LogP contribution in [0.3, 0.4) is 0 Å². The van der Waals surface area contributed by atoms with Crippen molar-refractivity contribution in [3.63, 3.8) is 0 Å². The topological polar surface area (TPSA) is 135 Å². The maximum atomic E-state index is 12.5. The number of anilines is 2. The first kappa shape index (κ1) is 23.2. The molecule has 2 aromatic heterocycles. The molecule has 2 heterocycles. The van der Waals surface area contributed by atoms with Crippen molar-refractivity contribution in [2.75, 3.05) is 10.6 Å². The molecule has 174 valence electrons. The van der Waals surface area contributed by atoms with Gasteiger partial charge in [0.2, 0.25) is 5.91 Å². The molecule has 1 aliphatic carbocycles. The lowest BCUT2D eigenvalue weighted by Gasteiger charge is -2.29. The number of benzene rings is 1. The van der Waals surface area contributed by atoms with Gasteiger partial charge in [-0.3, -0.25) is 15.1 Å². The second-order valence-corrected chi connectivity index (χ2v) is 8.43. The number of hydrogen-bond acceptors (Lipinski definition) is 7. The zero-order valence-electron chi connectivity index (χ0n) is 18.5. The van der Waals surface area contributed by atoms with Gasteiger partial charge in [-0.1, -0.05) is 35.0 Å². The molecule has 0 radical (unpaired) electrons. The third kappa shape index (κ3) is 5.00. The molecule has 0 bridgehead atoms. The van der Waals surface area contributed by atoms with Crippen molar-refractivity contribution in [3.05, 3.63) is 53.2 Å². The van der Waals surface area contributed by atoms with E-state index in [2.05, 4.69) is 32.0 Å². The van der Waals surface area contributed by atoms with Crippen LogP contribution in [0.25, 0.3) is 11.4 Å². The second kappa shape index (κ2) is 9.89. The molecule has 10 nitrogen and oxygen atoms in total. The van der Waals surface area contributed by atoms with Crippen molar-refractivity contribution in [1.82, 2.24) is 20.0 Å². The molecule has 11 heteroatoms. The summed E-state index contributed by atoms with van der Waals surface area (Å²) in [4.78, 5) is 29.1. The Morgan fingerprint density at radius 1 is 1.24 bits per heavy atom. The van der Waals surface area contributed by atoms with Gasteiger partial charge in [-0.2, -0.15) is 5.26 Å². The highest BCUT2D eigenvalue weighted by Crippen LogP contribution is 2.34. The Hall–Kier alpha value is -3.97. The van der Waals surface area contributed by atoms with E-state index in [1.807, 2.05) is 6.07 Å². The van der Waals surface area contributed by atoms with Gasteiger partial charge in [0, 0.05) is 29.5 Å². The monoisotopic (exact) mass is 479 g/mol. The van der Waals surface area contributed by atoms with Gasteiger partial charge in [0.15, 0.2) is 11.5 Å². The lowest BCUT2D eigenvalue weighted by atomic mass is 9.75. The molecule has 4 rings (SSSR count). The van der Waals surface area contributed by atoms with Gasteiger partial charge in [-0.05, 0) is 38.0 Å². The van der Waals surface area contributed by atoms with E-state index in [9.17, 15) is 9.59 Å². The molecule has 1 aliphatic rings. The zero-order valence-corrected chi connectivity index (χ0v) is 19.3. The molecular weight excluding hydrogens is 458 g/mol. The minimum Gasteiger partial charge on any atom is -0.441 e. The molecule has 1 aromatic carbocycles. The van der Waals surface area contributed by atoms with Crippen molar-refractivity contribution in [2.45, 2.75) is 25.9 Å². The molecule has 0 aliphatic heterocycles. The minimum atomic E-state index is -0.695. The van der Waals surface area contributed by atoms with E-state index < -0.39 is 12.2 Å². The number of hydrogen-bond donors (Lipinski definition) is 2. The maximum absolute atomic E-state index is 12.5. The van der Waals surface area contributed by atoms with E-state index in [1.54, 1.807) is 44.3 Å². The molecule has 0 saturated heterocycles. The summed E-state index contributed by atoms with van der Waals surface area (Å²) in [5, 5.41) is 22.9. The Morgan fingerprint density at radius 3 is 2.68 bits per heavy atom. The summed E-state index contributed by atoms with van der Waals surface area (Å²) in [6, 6.07) is 12.7. The minimum absolute atomic E-state index is 0.0433. The first-order valence-corrected chi connectivity index (χ1v) is 11.0. The van der Waals surface area contributed by atoms with Crippen LogP contribution in [-0.2, 0) is 16.6 Å². The molecule has 2 amide bonds. The van der Waals surface area contributed by atoms with Crippen molar-refractivity contribution < 1.29 is 14.3 Å². The van der Waals surface area contributed by atoms with E-state index in [0.29, 0.717) is 46.3 Å². The summed E-state index contributed by atoms with van der Waals surface area (Å²) in [6.07, 6.45) is 1.39. The lowest BCUT2D eigenvalue weighted by Crippen LogP contribution is -2.33. The highest BCUT2D eigenvalue weighted by Gasteiger charge is 2.34. The number of amides is 2. The van der Waals surface area contributed by atoms with Crippen LogP contribution in [-0.4, -0.2) is 32.0 Å². The van der Waals surface area contributed by atoms with Gasteiger partial charge < -0.3 is 10.1 Å². The fraction of sp³-hybridized carbons (Fsp3) is 0.304. The summed E-state index contributed by atoms with van der Waals surface area (Å²) >= 11 is 6.18. The van der Waals surface area contributed by atoms with E-state index in [-0.39, 0.29) is 17.7 Å². The number of aromatic nitrogens is 4. The van der Waals surface area contributed by atoms with Gasteiger partial charge in [0.25, 0.3) is 0 Å². The Morgan fingerprint density at radius 2 is 2.00 bits per heavy atom. The number of carbonyl (C=O) groups is 2. The van der Waals surface area contributed by atoms with Crippen LogP contribution in [0.1, 0.15) is 31.4 Å². The summed E-state index contributed by atoms with van der Waals surface area (Å²) in [5.41, 5.74) is 2.01. The number of nitrogens with one attached hydrogen (secondary N) is 2. The van der Waals surface area contributed by atoms with Gasteiger partial charge in [-0.25, -0.2) is 9.48 Å². The number of carbonyl (C=O) groups excluding carboxylic acids is 2. The highest BCUT2D eigenvalue weighted by molar-refractivity contribution is 6.31. The Kier molecular flexibility index (Phi) is 6.75. The normalized spacial score (nSPS) is 17.7. The Balaban J connectivity index is 1.41. The summed E-state index contributed by atoms with van der Waals surface area (Å²) in [5.74, 6) is -0.0200. The van der Waals surface area contributed by atoms with Crippen LogP contribution >= 0.6 is 11.6 Å². The molecule has 2 N–H and O–H groups in total. The maximum Gasteiger partial charge on any atom is 0.413 e. The van der Waals surface area contributed by atoms with Crippen LogP contribution in [0.2, 0.25) is 5.02 Å². The quantitative estimate of drug-likeness (QED) is 0.537. The smallest absolute Gasteiger partial charge is 0.413 e. The van der Waals surface area contributed by atoms with Crippen LogP contribution in [0.4, 0.5) is 16.3 Å². The number of pyridine rings is 1. The van der Waals surface area contributed by atoms with Gasteiger partial charge in [-0.15, -0.1) is 5.10 Å². The van der Waals surface area contributed by atoms with E-state index in [1.165, 1.54) is 10.9 Å². The molecule has 0 unspecified atom stereocenters. The molecule has 0 spiro atoms. The summed E-state index contributed by atoms with van der Waals surface area (Å²) in [7, 11) is 1.63. The van der Waals surface area contributed by atoms with Crippen molar-refractivity contribution in [2.24, 2.45) is 18.9 Å². The van der Waals surface area contributed by atoms with Crippen LogP contribution in [0.5, 0.6) is 0 Å². The van der Waals surface area contributed by atoms with Crippen molar-refractivity contribution in [3.8, 4) is 17.5 Å². The van der Waals surface area contributed by atoms with Gasteiger partial charge in [0.1, 0.15) is 6.10 Å². The van der Waals surface area contributed by atoms with Crippen LogP contribution in [0, 0.1) is 23.2 Å². The predicted octanol–water partition coefficient (Wildman–Crippen LogP) is 4.33. The summed E-state index contributed by atoms with van der Waals surface area (Å²) in [6.45, 7) is 1.72. The van der Waals surface area contributed by atoms with E-state index >= 15 is 0 Å². The van der Waals surface area contributed by atoms with Gasteiger partial charge >= 0.3 is 6.09 Å². The molecule has 3 aromatic rings. The van der Waals surface area contributed by atoms with Gasteiger partial charge in [0.05, 0.1) is 23.6 Å². The van der Waals surface area contributed by atoms with E-state index in [4.69, 9.17) is 21.6 Å². The SMILES string of the molecule is C[C@@H](OC(=O)Nc1c(-c2ccc(NC(=O)[C@H]3C[C@H](C#N)C3)cn2)nnn1C)c1ccccc1Cl. The van der Waals surface area contributed by atoms with Crippen molar-refractivity contribution >= 4 is 35.1 Å². The Bertz CT molecular complexity index is 1250. The second-order valence-electron chi connectivity index (χ2n) is 8.02. The third-order valence-electron chi connectivity index (χ3n) is 5.64. The third-order valence-corrected chi connectivity index (χ3v) is 5.98. The number of rotatable bonds is 6. The largest absolute Gasteiger partial charge is 0.441 e. The summed E-state index contributed by atoms with van der Waals surface area (Å²) < 4.78 is 6.86. The first-order chi connectivity index (χ1) is 16.4. The first-order valence-electron chi connectivity index (χ1n) is 10.6. The van der Waals surface area contributed by atoms with E-state index in [0.717, 1.165) is 0 Å². The standard InChI is InChI=1S/C23H22ClN7O3/c1-13(17-5-3-4-6-18(17)24)34-23(33)28-21-20(29-30-31(21)2)19-8-7-16(12-26-19)27-22(32)15-9-14(10-15)11-25/h3-8,12-15H,9-10H2,1-2H3,(H,27,32)(H,28,33)/t13-,14-,15-/m1/s1. The number of halogens is 1. The molecule has 34 heavy (non-hydrogen) atoms. The molecule has 1 fully saturated rings. The molecular formula is C23H22ClN7O3. The lowest BCUT2D eigenvalue weighted by molar-refractivity contribution is -0.123. The van der Waals surface area contributed by atoms with Crippen molar-refractivity contribution in [1.29, 1.82) is 5.26 Å². The number of aryl methyl sites for hydroxylation is 1. The average Bonchev–Trinajstić information content (AvgIpc) is 3.13. The van der Waals surface area contributed by atoms with Crippen LogP contribution < -0.4 is 10.6 Å². The highest BCUT2D eigenvalue weighted by atomic mass is 35.5. The van der Waals surface area contributed by atoms with Crippen LogP contribution in [0.15, 0.2) is 42.6 Å². The Labute approximate surface area is 200 Å². The predicted molar refractivity (Wildman–Crippen MR) is 125 cm³/mol. The average molecular weight is 480 g/mol. The number of nitrogens with zero attached hydrogens (tertiary/aromatic N) is 5. The number of nitriles is 1. The zero-order chi connectivity index (χ0) is 24.2. The number of ether oxygens (including phenoxy) is 1.